The molecule has 1 fully saturated rings. The van der Waals surface area contributed by atoms with Crippen LogP contribution in [0.15, 0.2) is 35.7 Å². The van der Waals surface area contributed by atoms with Crippen LogP contribution in [0.1, 0.15) is 23.3 Å². The van der Waals surface area contributed by atoms with Gasteiger partial charge in [-0.05, 0) is 67.9 Å². The number of nitrogens with zero attached hydrogens (tertiary/aromatic N) is 1. The Hall–Kier alpha value is -1.89. The highest BCUT2D eigenvalue weighted by Gasteiger charge is 2.21. The van der Waals surface area contributed by atoms with Crippen LogP contribution in [0.2, 0.25) is 5.02 Å². The predicted molar refractivity (Wildman–Crippen MR) is 110 cm³/mol. The third kappa shape index (κ3) is 5.79. The van der Waals surface area contributed by atoms with Gasteiger partial charge in [-0.2, -0.15) is 0 Å². The number of amides is 2. The summed E-state index contributed by atoms with van der Waals surface area (Å²) in [4.78, 5) is 28.0. The van der Waals surface area contributed by atoms with Crippen LogP contribution in [0, 0.1) is 12.8 Å². The van der Waals surface area contributed by atoms with Gasteiger partial charge >= 0.3 is 11.8 Å². The van der Waals surface area contributed by atoms with Crippen LogP contribution in [0.3, 0.4) is 0 Å². The molecule has 1 aliphatic heterocycles. The lowest BCUT2D eigenvalue weighted by Crippen LogP contribution is -2.41. The van der Waals surface area contributed by atoms with E-state index in [1.807, 2.05) is 6.92 Å². The highest BCUT2D eigenvalue weighted by atomic mass is 35.5. The number of aryl methyl sites for hydroxylation is 1. The predicted octanol–water partition coefficient (Wildman–Crippen LogP) is 3.68. The number of piperidine rings is 1. The topological polar surface area (TPSA) is 61.4 Å². The lowest BCUT2D eigenvalue weighted by atomic mass is 9.97. The first-order valence-corrected chi connectivity index (χ1v) is 10.4. The lowest BCUT2D eigenvalue weighted by Gasteiger charge is -2.31. The summed E-state index contributed by atoms with van der Waals surface area (Å²) in [6.07, 6.45) is 2.06. The number of likely N-dealkylation sites (tertiary alicyclic amines) is 1. The van der Waals surface area contributed by atoms with E-state index in [1.165, 1.54) is 4.88 Å². The van der Waals surface area contributed by atoms with Crippen LogP contribution in [-0.4, -0.2) is 36.3 Å². The lowest BCUT2D eigenvalue weighted by molar-refractivity contribution is -0.136. The molecule has 1 aliphatic rings. The number of hydrogen-bond acceptors (Lipinski definition) is 4. The monoisotopic (exact) mass is 405 g/mol. The first-order valence-electron chi connectivity index (χ1n) is 9.11. The molecule has 1 aromatic carbocycles. The van der Waals surface area contributed by atoms with E-state index < -0.39 is 11.8 Å². The number of nitrogens with one attached hydrogen (secondary N) is 2. The third-order valence-electron chi connectivity index (χ3n) is 4.87. The number of carbonyl (C=O) groups excluding carboxylic acids is 2. The van der Waals surface area contributed by atoms with Crippen LogP contribution in [-0.2, 0) is 16.1 Å². The Bertz CT molecular complexity index is 787. The molecule has 0 atom stereocenters. The average molecular weight is 406 g/mol. The van der Waals surface area contributed by atoms with Crippen LogP contribution in [0.5, 0.6) is 0 Å². The van der Waals surface area contributed by atoms with Gasteiger partial charge in [0.15, 0.2) is 0 Å². The summed E-state index contributed by atoms with van der Waals surface area (Å²) in [5, 5.41) is 8.02. The summed E-state index contributed by atoms with van der Waals surface area (Å²) < 4.78 is 0. The number of benzene rings is 1. The van der Waals surface area contributed by atoms with Crippen molar-refractivity contribution in [2.45, 2.75) is 26.3 Å². The standard InChI is InChI=1S/C20H24ClN3O2S/c1-14-4-5-16(21)11-18(14)23-20(26)19(25)22-12-15-6-8-24(9-7-15)13-17-3-2-10-27-17/h2-5,10-11,15H,6-9,12-13H2,1H3,(H,22,25)(H,23,26). The summed E-state index contributed by atoms with van der Waals surface area (Å²) >= 11 is 7.73. The molecule has 1 aromatic heterocycles. The summed E-state index contributed by atoms with van der Waals surface area (Å²) in [7, 11) is 0. The first kappa shape index (κ1) is 19.9. The molecular formula is C20H24ClN3O2S. The largest absolute Gasteiger partial charge is 0.348 e. The molecule has 27 heavy (non-hydrogen) atoms. The Morgan fingerprint density at radius 2 is 2.00 bits per heavy atom. The molecule has 2 heterocycles. The van der Waals surface area contributed by atoms with Gasteiger partial charge in [-0.15, -0.1) is 11.3 Å². The summed E-state index contributed by atoms with van der Waals surface area (Å²) in [6, 6.07) is 9.44. The van der Waals surface area contributed by atoms with Crippen molar-refractivity contribution in [1.82, 2.24) is 10.2 Å². The second-order valence-electron chi connectivity index (χ2n) is 6.92. The number of hydrogen-bond donors (Lipinski definition) is 2. The molecular weight excluding hydrogens is 382 g/mol. The molecule has 0 unspecified atom stereocenters. The molecule has 0 radical (unpaired) electrons. The van der Waals surface area contributed by atoms with Gasteiger partial charge in [0.1, 0.15) is 0 Å². The van der Waals surface area contributed by atoms with Crippen LogP contribution in [0.25, 0.3) is 0 Å². The van der Waals surface area contributed by atoms with Crippen molar-refractivity contribution >= 4 is 40.4 Å². The van der Waals surface area contributed by atoms with Gasteiger partial charge in [-0.25, -0.2) is 0 Å². The fourth-order valence-corrected chi connectivity index (χ4v) is 4.12. The molecule has 1 saturated heterocycles. The number of rotatable bonds is 5. The van der Waals surface area contributed by atoms with Crippen molar-refractivity contribution in [3.63, 3.8) is 0 Å². The highest BCUT2D eigenvalue weighted by molar-refractivity contribution is 7.09. The second kappa shape index (κ2) is 9.35. The molecule has 2 amide bonds. The molecule has 2 aromatic rings. The Kier molecular flexibility index (Phi) is 6.88. The van der Waals surface area contributed by atoms with E-state index in [1.54, 1.807) is 29.5 Å². The van der Waals surface area contributed by atoms with Gasteiger partial charge < -0.3 is 10.6 Å². The minimum Gasteiger partial charge on any atom is -0.348 e. The van der Waals surface area contributed by atoms with Gasteiger partial charge in [0.2, 0.25) is 0 Å². The molecule has 3 rings (SSSR count). The van der Waals surface area contributed by atoms with Crippen LogP contribution in [0.4, 0.5) is 5.69 Å². The van der Waals surface area contributed by atoms with Crippen molar-refractivity contribution in [2.24, 2.45) is 5.92 Å². The molecule has 0 saturated carbocycles. The maximum Gasteiger partial charge on any atom is 0.313 e. The second-order valence-corrected chi connectivity index (χ2v) is 8.39. The molecule has 2 N–H and O–H groups in total. The van der Waals surface area contributed by atoms with Crippen molar-refractivity contribution in [1.29, 1.82) is 0 Å². The molecule has 0 aliphatic carbocycles. The molecule has 0 spiro atoms. The molecule has 7 heteroatoms. The van der Waals surface area contributed by atoms with E-state index in [-0.39, 0.29) is 0 Å². The minimum absolute atomic E-state index is 0.411. The Balaban J connectivity index is 1.40. The fraction of sp³-hybridized carbons (Fsp3) is 0.400. The quantitative estimate of drug-likeness (QED) is 0.746. The number of thiophene rings is 1. The Morgan fingerprint density at radius 3 is 2.70 bits per heavy atom. The zero-order valence-corrected chi connectivity index (χ0v) is 16.9. The number of carbonyl (C=O) groups is 2. The van der Waals surface area contributed by atoms with E-state index >= 15 is 0 Å². The van der Waals surface area contributed by atoms with Crippen molar-refractivity contribution in [2.75, 3.05) is 25.0 Å². The molecule has 0 bridgehead atoms. The summed E-state index contributed by atoms with van der Waals surface area (Å²) in [5.74, 6) is -0.847. The molecule has 5 nitrogen and oxygen atoms in total. The maximum absolute atomic E-state index is 12.1. The normalized spacial score (nSPS) is 15.5. The van der Waals surface area contributed by atoms with E-state index in [9.17, 15) is 9.59 Å². The average Bonchev–Trinajstić information content (AvgIpc) is 3.17. The van der Waals surface area contributed by atoms with Gasteiger partial charge in [0, 0.05) is 28.7 Å². The Labute approximate surface area is 168 Å². The van der Waals surface area contributed by atoms with Crippen LogP contribution >= 0.6 is 22.9 Å². The number of halogens is 1. The Morgan fingerprint density at radius 1 is 1.22 bits per heavy atom. The smallest absolute Gasteiger partial charge is 0.313 e. The van der Waals surface area contributed by atoms with E-state index in [4.69, 9.17) is 11.6 Å². The zero-order valence-electron chi connectivity index (χ0n) is 15.3. The van der Waals surface area contributed by atoms with Crippen molar-refractivity contribution in [3.05, 3.63) is 51.2 Å². The third-order valence-corrected chi connectivity index (χ3v) is 5.97. The first-order chi connectivity index (χ1) is 13.0. The molecule has 144 valence electrons. The van der Waals surface area contributed by atoms with Crippen LogP contribution < -0.4 is 10.6 Å². The summed E-state index contributed by atoms with van der Waals surface area (Å²) in [5.41, 5.74) is 1.42. The van der Waals surface area contributed by atoms with E-state index in [2.05, 4.69) is 33.0 Å². The van der Waals surface area contributed by atoms with Crippen molar-refractivity contribution < 1.29 is 9.59 Å². The van der Waals surface area contributed by atoms with E-state index in [0.717, 1.165) is 38.0 Å². The zero-order chi connectivity index (χ0) is 19.2. The maximum atomic E-state index is 12.1. The van der Waals surface area contributed by atoms with Gasteiger partial charge in [0.05, 0.1) is 0 Å². The highest BCUT2D eigenvalue weighted by Crippen LogP contribution is 2.21. The van der Waals surface area contributed by atoms with E-state index in [0.29, 0.717) is 23.2 Å². The van der Waals surface area contributed by atoms with Gasteiger partial charge in [0.25, 0.3) is 0 Å². The fourth-order valence-electron chi connectivity index (χ4n) is 3.20. The van der Waals surface area contributed by atoms with Crippen molar-refractivity contribution in [3.8, 4) is 0 Å². The minimum atomic E-state index is -0.657. The SMILES string of the molecule is Cc1ccc(Cl)cc1NC(=O)C(=O)NCC1CCN(Cc2cccs2)CC1. The van der Waals surface area contributed by atoms with Gasteiger partial charge in [-0.1, -0.05) is 23.7 Å². The summed E-state index contributed by atoms with van der Waals surface area (Å²) in [6.45, 7) is 5.43. The van der Waals surface area contributed by atoms with Gasteiger partial charge in [-0.3, -0.25) is 14.5 Å². The number of anilines is 1.